The van der Waals surface area contributed by atoms with E-state index in [1.54, 1.807) is 6.20 Å². The number of hydrogen-bond acceptors (Lipinski definition) is 2. The van der Waals surface area contributed by atoms with Crippen LogP contribution in [-0.2, 0) is 0 Å². The van der Waals surface area contributed by atoms with Gasteiger partial charge < -0.3 is 15.2 Å². The predicted molar refractivity (Wildman–Crippen MR) is 63.4 cm³/mol. The average molecular weight is 221 g/mol. The fourth-order valence-electron chi connectivity index (χ4n) is 2.29. The number of piperidine rings is 1. The van der Waals surface area contributed by atoms with E-state index in [1.165, 1.54) is 0 Å². The van der Waals surface area contributed by atoms with Gasteiger partial charge in [0.1, 0.15) is 5.69 Å². The van der Waals surface area contributed by atoms with E-state index < -0.39 is 0 Å². The highest BCUT2D eigenvalue weighted by molar-refractivity contribution is 5.92. The van der Waals surface area contributed by atoms with Gasteiger partial charge in [-0.2, -0.15) is 0 Å². The number of amides is 1. The summed E-state index contributed by atoms with van der Waals surface area (Å²) >= 11 is 0. The monoisotopic (exact) mass is 221 g/mol. The van der Waals surface area contributed by atoms with E-state index >= 15 is 0 Å². The van der Waals surface area contributed by atoms with Crippen molar-refractivity contribution >= 4 is 5.91 Å². The van der Waals surface area contributed by atoms with Gasteiger partial charge in [0.2, 0.25) is 0 Å². The summed E-state index contributed by atoms with van der Waals surface area (Å²) in [7, 11) is 0. The fraction of sp³-hybridized carbons (Fsp3) is 0.583. The van der Waals surface area contributed by atoms with E-state index in [9.17, 15) is 4.79 Å². The molecular weight excluding hydrogens is 202 g/mol. The number of hydrogen-bond donors (Lipinski definition) is 2. The number of nitrogens with zero attached hydrogens (tertiary/aromatic N) is 1. The molecule has 88 valence electrons. The number of carbonyl (C=O) groups is 1. The summed E-state index contributed by atoms with van der Waals surface area (Å²) in [6.07, 6.45) is 4.05. The van der Waals surface area contributed by atoms with Crippen LogP contribution in [0.25, 0.3) is 0 Å². The maximum Gasteiger partial charge on any atom is 0.270 e. The lowest BCUT2D eigenvalue weighted by atomic mass is 10.1. The Balaban J connectivity index is 2.06. The summed E-state index contributed by atoms with van der Waals surface area (Å²) in [5, 5.41) is 3.35. The Kier molecular flexibility index (Phi) is 3.62. The molecule has 2 heterocycles. The molecule has 0 saturated carbocycles. The highest BCUT2D eigenvalue weighted by Crippen LogP contribution is 2.13. The highest BCUT2D eigenvalue weighted by Gasteiger charge is 2.24. The van der Waals surface area contributed by atoms with E-state index in [-0.39, 0.29) is 5.91 Å². The minimum absolute atomic E-state index is 0.112. The van der Waals surface area contributed by atoms with Crippen LogP contribution in [0.15, 0.2) is 18.3 Å². The first kappa shape index (κ1) is 11.2. The van der Waals surface area contributed by atoms with Crippen molar-refractivity contribution < 1.29 is 4.79 Å². The van der Waals surface area contributed by atoms with Crippen molar-refractivity contribution in [2.75, 3.05) is 19.6 Å². The Morgan fingerprint density at radius 3 is 3.06 bits per heavy atom. The molecule has 1 atom stereocenters. The summed E-state index contributed by atoms with van der Waals surface area (Å²) in [6, 6.07) is 4.04. The Labute approximate surface area is 96.0 Å². The van der Waals surface area contributed by atoms with Gasteiger partial charge in [-0.3, -0.25) is 4.79 Å². The topological polar surface area (TPSA) is 48.1 Å². The van der Waals surface area contributed by atoms with Gasteiger partial charge in [-0.25, -0.2) is 0 Å². The van der Waals surface area contributed by atoms with Crippen molar-refractivity contribution in [2.45, 2.75) is 25.8 Å². The number of carbonyl (C=O) groups excluding carboxylic acids is 1. The largest absolute Gasteiger partial charge is 0.357 e. The van der Waals surface area contributed by atoms with Crippen molar-refractivity contribution in [1.29, 1.82) is 0 Å². The molecule has 1 aromatic heterocycles. The van der Waals surface area contributed by atoms with Crippen molar-refractivity contribution in [1.82, 2.24) is 15.2 Å². The van der Waals surface area contributed by atoms with Crippen LogP contribution in [0.1, 0.15) is 30.3 Å². The maximum absolute atomic E-state index is 12.2. The average Bonchev–Trinajstić information content (AvgIpc) is 2.85. The molecule has 2 N–H and O–H groups in total. The number of rotatable bonds is 3. The lowest BCUT2D eigenvalue weighted by Crippen LogP contribution is -2.48. The maximum atomic E-state index is 12.2. The minimum atomic E-state index is 0.112. The van der Waals surface area contributed by atoms with Gasteiger partial charge in [-0.15, -0.1) is 0 Å². The zero-order chi connectivity index (χ0) is 11.4. The standard InChI is InChI=1S/C12H19N3O/c1-2-15(10-5-3-7-13-9-10)12(16)11-6-4-8-14-11/h4,6,8,10,13-14H,2-3,5,7,9H2,1H3. The van der Waals surface area contributed by atoms with E-state index in [0.29, 0.717) is 11.7 Å². The van der Waals surface area contributed by atoms with E-state index in [1.807, 2.05) is 24.0 Å². The van der Waals surface area contributed by atoms with Crippen molar-refractivity contribution in [2.24, 2.45) is 0 Å². The minimum Gasteiger partial charge on any atom is -0.357 e. The second-order valence-electron chi connectivity index (χ2n) is 4.18. The molecule has 1 aromatic rings. The molecule has 0 aromatic carbocycles. The molecule has 2 rings (SSSR count). The molecule has 1 saturated heterocycles. The van der Waals surface area contributed by atoms with Crippen LogP contribution in [0, 0.1) is 0 Å². The van der Waals surface area contributed by atoms with Crippen LogP contribution < -0.4 is 5.32 Å². The third kappa shape index (κ3) is 2.27. The zero-order valence-electron chi connectivity index (χ0n) is 9.70. The normalized spacial score (nSPS) is 20.7. The molecule has 0 radical (unpaired) electrons. The van der Waals surface area contributed by atoms with Crippen LogP contribution in [-0.4, -0.2) is 41.5 Å². The van der Waals surface area contributed by atoms with Gasteiger partial charge in [-0.1, -0.05) is 0 Å². The first-order valence-corrected chi connectivity index (χ1v) is 5.98. The van der Waals surface area contributed by atoms with Gasteiger partial charge >= 0.3 is 0 Å². The number of H-pyrrole nitrogens is 1. The number of likely N-dealkylation sites (N-methyl/N-ethyl adjacent to an activating group) is 1. The van der Waals surface area contributed by atoms with Gasteiger partial charge in [0.05, 0.1) is 0 Å². The summed E-state index contributed by atoms with van der Waals surface area (Å²) in [5.74, 6) is 0.112. The van der Waals surface area contributed by atoms with E-state index in [2.05, 4.69) is 10.3 Å². The lowest BCUT2D eigenvalue weighted by Gasteiger charge is -2.33. The fourth-order valence-corrected chi connectivity index (χ4v) is 2.29. The Hall–Kier alpha value is -1.29. The van der Waals surface area contributed by atoms with E-state index in [4.69, 9.17) is 0 Å². The van der Waals surface area contributed by atoms with Crippen molar-refractivity contribution in [3.8, 4) is 0 Å². The molecule has 4 heteroatoms. The molecule has 0 spiro atoms. The molecule has 0 aliphatic carbocycles. The summed E-state index contributed by atoms with van der Waals surface area (Å²) in [6.45, 7) is 4.80. The number of aromatic nitrogens is 1. The van der Waals surface area contributed by atoms with Gasteiger partial charge in [0, 0.05) is 25.3 Å². The molecule has 0 bridgehead atoms. The van der Waals surface area contributed by atoms with Gasteiger partial charge in [0.25, 0.3) is 5.91 Å². The lowest BCUT2D eigenvalue weighted by molar-refractivity contribution is 0.0657. The molecular formula is C12H19N3O. The number of aromatic amines is 1. The predicted octanol–water partition coefficient (Wildman–Crippen LogP) is 1.23. The molecule has 16 heavy (non-hydrogen) atoms. The van der Waals surface area contributed by atoms with Crippen LogP contribution in [0.5, 0.6) is 0 Å². The smallest absolute Gasteiger partial charge is 0.270 e. The summed E-state index contributed by atoms with van der Waals surface area (Å²) in [4.78, 5) is 17.1. The van der Waals surface area contributed by atoms with Crippen LogP contribution in [0.4, 0.5) is 0 Å². The molecule has 1 unspecified atom stereocenters. The third-order valence-electron chi connectivity index (χ3n) is 3.14. The van der Waals surface area contributed by atoms with Crippen LogP contribution in [0.2, 0.25) is 0 Å². The highest BCUT2D eigenvalue weighted by atomic mass is 16.2. The molecule has 1 amide bonds. The van der Waals surface area contributed by atoms with Crippen LogP contribution >= 0.6 is 0 Å². The first-order valence-electron chi connectivity index (χ1n) is 5.98. The first-order chi connectivity index (χ1) is 7.83. The Morgan fingerprint density at radius 2 is 2.50 bits per heavy atom. The summed E-state index contributed by atoms with van der Waals surface area (Å²) in [5.41, 5.74) is 0.687. The molecule has 4 nitrogen and oxygen atoms in total. The number of nitrogens with one attached hydrogen (secondary N) is 2. The van der Waals surface area contributed by atoms with Gasteiger partial charge in [-0.05, 0) is 38.4 Å². The second kappa shape index (κ2) is 5.16. The summed E-state index contributed by atoms with van der Waals surface area (Å²) < 4.78 is 0. The second-order valence-corrected chi connectivity index (χ2v) is 4.18. The van der Waals surface area contributed by atoms with Gasteiger partial charge in [0.15, 0.2) is 0 Å². The van der Waals surface area contributed by atoms with E-state index in [0.717, 1.165) is 32.5 Å². The van der Waals surface area contributed by atoms with Crippen LogP contribution in [0.3, 0.4) is 0 Å². The van der Waals surface area contributed by atoms with Crippen molar-refractivity contribution in [3.63, 3.8) is 0 Å². The molecule has 1 aliphatic heterocycles. The SMILES string of the molecule is CCN(C(=O)c1ccc[nH]1)C1CCCNC1. The Morgan fingerprint density at radius 1 is 1.62 bits per heavy atom. The zero-order valence-corrected chi connectivity index (χ0v) is 9.70. The third-order valence-corrected chi connectivity index (χ3v) is 3.14. The quantitative estimate of drug-likeness (QED) is 0.806. The Bertz CT molecular complexity index is 328. The molecule has 1 aliphatic rings. The molecule has 1 fully saturated rings. The van der Waals surface area contributed by atoms with Crippen molar-refractivity contribution in [3.05, 3.63) is 24.0 Å².